The molecular weight excluding hydrogens is 152 g/mol. The maximum absolute atomic E-state index is 10.5. The first-order chi connectivity index (χ1) is 5.85. The second-order valence-electron chi connectivity index (χ2n) is 2.72. The molecule has 2 nitrogen and oxygen atoms in total. The Kier molecular flexibility index (Phi) is 7.76. The van der Waals surface area contributed by atoms with E-state index in [2.05, 4.69) is 6.92 Å². The van der Waals surface area contributed by atoms with Crippen molar-refractivity contribution in [2.75, 3.05) is 6.61 Å². The molecule has 0 saturated carbocycles. The lowest BCUT2D eigenvalue weighted by Gasteiger charge is -1.99. The van der Waals surface area contributed by atoms with Gasteiger partial charge in [0.1, 0.15) is 6.29 Å². The van der Waals surface area contributed by atoms with Crippen molar-refractivity contribution < 1.29 is 9.53 Å². The van der Waals surface area contributed by atoms with E-state index in [1.807, 2.05) is 6.92 Å². The molecule has 0 atom stereocenters. The van der Waals surface area contributed by atoms with E-state index >= 15 is 0 Å². The summed E-state index contributed by atoms with van der Waals surface area (Å²) in [6.45, 7) is 4.68. The van der Waals surface area contributed by atoms with Gasteiger partial charge in [0, 0.05) is 5.57 Å². The largest absolute Gasteiger partial charge is 0.501 e. The van der Waals surface area contributed by atoms with E-state index in [1.54, 1.807) is 6.26 Å². The summed E-state index contributed by atoms with van der Waals surface area (Å²) in [6, 6.07) is 0. The highest BCUT2D eigenvalue weighted by atomic mass is 16.5. The lowest BCUT2D eigenvalue weighted by Crippen LogP contribution is -1.88. The molecule has 0 heterocycles. The van der Waals surface area contributed by atoms with Crippen molar-refractivity contribution in [1.82, 2.24) is 0 Å². The summed E-state index contributed by atoms with van der Waals surface area (Å²) in [5, 5.41) is 0. The number of carbonyl (C=O) groups is 1. The molecule has 0 amide bonds. The van der Waals surface area contributed by atoms with Crippen LogP contribution in [0.15, 0.2) is 11.8 Å². The minimum Gasteiger partial charge on any atom is -0.501 e. The van der Waals surface area contributed by atoms with Crippen LogP contribution in [0.1, 0.15) is 39.5 Å². The van der Waals surface area contributed by atoms with Gasteiger partial charge in [-0.25, -0.2) is 0 Å². The van der Waals surface area contributed by atoms with E-state index in [1.165, 1.54) is 12.8 Å². The van der Waals surface area contributed by atoms with Crippen LogP contribution in [0.2, 0.25) is 0 Å². The number of hydrogen-bond donors (Lipinski definition) is 0. The summed E-state index contributed by atoms with van der Waals surface area (Å²) in [4.78, 5) is 10.5. The molecule has 0 aliphatic heterocycles. The third kappa shape index (κ3) is 5.96. The van der Waals surface area contributed by atoms with Crippen LogP contribution in [0, 0.1) is 0 Å². The molecule has 0 unspecified atom stereocenters. The Morgan fingerprint density at radius 1 is 1.33 bits per heavy atom. The Balaban J connectivity index is 3.59. The van der Waals surface area contributed by atoms with Crippen molar-refractivity contribution >= 4 is 6.29 Å². The molecule has 0 N–H and O–H groups in total. The van der Waals surface area contributed by atoms with E-state index in [4.69, 9.17) is 4.74 Å². The molecule has 0 bridgehead atoms. The van der Waals surface area contributed by atoms with Gasteiger partial charge in [0.15, 0.2) is 0 Å². The SMILES string of the molecule is CCCCCC(C=O)=COCC. The number of ether oxygens (including phenoxy) is 1. The molecule has 70 valence electrons. The fourth-order valence-corrected chi connectivity index (χ4v) is 0.915. The fraction of sp³-hybridized carbons (Fsp3) is 0.700. The molecule has 12 heavy (non-hydrogen) atoms. The third-order valence-electron chi connectivity index (χ3n) is 1.62. The first-order valence-corrected chi connectivity index (χ1v) is 4.61. The van der Waals surface area contributed by atoms with Gasteiger partial charge in [-0.2, -0.15) is 0 Å². The lowest BCUT2D eigenvalue weighted by molar-refractivity contribution is -0.105. The van der Waals surface area contributed by atoms with E-state index in [0.717, 1.165) is 24.7 Å². The van der Waals surface area contributed by atoms with E-state index in [0.29, 0.717) is 6.61 Å². The number of hydrogen-bond acceptors (Lipinski definition) is 2. The van der Waals surface area contributed by atoms with Gasteiger partial charge >= 0.3 is 0 Å². The van der Waals surface area contributed by atoms with Crippen LogP contribution >= 0.6 is 0 Å². The molecule has 0 aromatic rings. The molecule has 2 heteroatoms. The first-order valence-electron chi connectivity index (χ1n) is 4.61. The molecule has 0 spiro atoms. The zero-order valence-electron chi connectivity index (χ0n) is 8.01. The van der Waals surface area contributed by atoms with Crippen LogP contribution in [-0.4, -0.2) is 12.9 Å². The summed E-state index contributed by atoms with van der Waals surface area (Å²) in [6.07, 6.45) is 6.73. The Labute approximate surface area is 74.6 Å². The summed E-state index contributed by atoms with van der Waals surface area (Å²) < 4.78 is 5.02. The Morgan fingerprint density at radius 3 is 2.58 bits per heavy atom. The van der Waals surface area contributed by atoms with Crippen molar-refractivity contribution in [1.29, 1.82) is 0 Å². The van der Waals surface area contributed by atoms with Crippen LogP contribution in [0.3, 0.4) is 0 Å². The highest BCUT2D eigenvalue weighted by Crippen LogP contribution is 2.06. The number of carbonyl (C=O) groups excluding carboxylic acids is 1. The van der Waals surface area contributed by atoms with Gasteiger partial charge in [0.25, 0.3) is 0 Å². The van der Waals surface area contributed by atoms with Crippen LogP contribution in [0.5, 0.6) is 0 Å². The van der Waals surface area contributed by atoms with Crippen molar-refractivity contribution in [3.05, 3.63) is 11.8 Å². The van der Waals surface area contributed by atoms with E-state index in [9.17, 15) is 4.79 Å². The first kappa shape index (κ1) is 11.2. The molecule has 0 aromatic heterocycles. The molecule has 0 saturated heterocycles. The molecule has 0 aromatic carbocycles. The second-order valence-corrected chi connectivity index (χ2v) is 2.72. The van der Waals surface area contributed by atoms with Crippen LogP contribution in [-0.2, 0) is 9.53 Å². The maximum Gasteiger partial charge on any atom is 0.149 e. The van der Waals surface area contributed by atoms with Crippen LogP contribution in [0.25, 0.3) is 0 Å². The topological polar surface area (TPSA) is 26.3 Å². The summed E-state index contributed by atoms with van der Waals surface area (Å²) >= 11 is 0. The van der Waals surface area contributed by atoms with Crippen molar-refractivity contribution in [3.8, 4) is 0 Å². The smallest absolute Gasteiger partial charge is 0.149 e. The monoisotopic (exact) mass is 170 g/mol. The minimum atomic E-state index is 0.630. The zero-order valence-corrected chi connectivity index (χ0v) is 8.01. The molecule has 0 aliphatic carbocycles. The molecule has 0 fully saturated rings. The lowest BCUT2D eigenvalue weighted by atomic mass is 10.1. The van der Waals surface area contributed by atoms with Crippen molar-refractivity contribution in [2.45, 2.75) is 39.5 Å². The predicted octanol–water partition coefficient (Wildman–Crippen LogP) is 2.69. The second kappa shape index (κ2) is 8.31. The van der Waals surface area contributed by atoms with Crippen molar-refractivity contribution in [2.24, 2.45) is 0 Å². The van der Waals surface area contributed by atoms with Crippen LogP contribution in [0.4, 0.5) is 0 Å². The molecule has 0 radical (unpaired) electrons. The highest BCUT2D eigenvalue weighted by molar-refractivity contribution is 5.72. The average Bonchev–Trinajstić information content (AvgIpc) is 2.11. The normalized spacial score (nSPS) is 11.3. The number of unbranched alkanes of at least 4 members (excludes halogenated alkanes) is 2. The van der Waals surface area contributed by atoms with Gasteiger partial charge in [0.2, 0.25) is 0 Å². The summed E-state index contributed by atoms with van der Waals surface area (Å²) in [5.41, 5.74) is 0.769. The fourth-order valence-electron chi connectivity index (χ4n) is 0.915. The number of allylic oxidation sites excluding steroid dienone is 1. The van der Waals surface area contributed by atoms with Gasteiger partial charge < -0.3 is 4.74 Å². The van der Waals surface area contributed by atoms with Crippen molar-refractivity contribution in [3.63, 3.8) is 0 Å². The molecule has 0 aliphatic rings. The van der Waals surface area contributed by atoms with E-state index < -0.39 is 0 Å². The van der Waals surface area contributed by atoms with Gasteiger partial charge in [-0.05, 0) is 19.8 Å². The van der Waals surface area contributed by atoms with Gasteiger partial charge in [-0.15, -0.1) is 0 Å². The van der Waals surface area contributed by atoms with Gasteiger partial charge in [-0.3, -0.25) is 4.79 Å². The quantitative estimate of drug-likeness (QED) is 0.254. The van der Waals surface area contributed by atoms with Gasteiger partial charge in [-0.1, -0.05) is 19.8 Å². The average molecular weight is 170 g/mol. The zero-order chi connectivity index (χ0) is 9.23. The molecular formula is C10H18O2. The van der Waals surface area contributed by atoms with Crippen LogP contribution < -0.4 is 0 Å². The summed E-state index contributed by atoms with van der Waals surface area (Å²) in [7, 11) is 0. The van der Waals surface area contributed by atoms with Gasteiger partial charge in [0.05, 0.1) is 12.9 Å². The Hall–Kier alpha value is -0.790. The number of rotatable bonds is 7. The number of aldehydes is 1. The third-order valence-corrected chi connectivity index (χ3v) is 1.62. The summed E-state index contributed by atoms with van der Waals surface area (Å²) in [5.74, 6) is 0. The molecule has 0 rings (SSSR count). The Bertz CT molecular complexity index is 139. The minimum absolute atomic E-state index is 0.630. The van der Waals surface area contributed by atoms with E-state index in [-0.39, 0.29) is 0 Å². The maximum atomic E-state index is 10.5. The highest BCUT2D eigenvalue weighted by Gasteiger charge is 1.94. The standard InChI is InChI=1S/C10H18O2/c1-3-5-6-7-10(8-11)9-12-4-2/h8-9H,3-7H2,1-2H3. The Morgan fingerprint density at radius 2 is 2.08 bits per heavy atom. The predicted molar refractivity (Wildman–Crippen MR) is 49.9 cm³/mol.